The van der Waals surface area contributed by atoms with Crippen molar-refractivity contribution in [1.29, 1.82) is 0 Å². The molecular formula is C30H42FN5O2. The van der Waals surface area contributed by atoms with E-state index in [0.717, 1.165) is 40.9 Å². The van der Waals surface area contributed by atoms with Crippen molar-refractivity contribution < 1.29 is 13.9 Å². The van der Waals surface area contributed by atoms with Gasteiger partial charge in [0.1, 0.15) is 5.82 Å². The molecular weight excluding hydrogens is 481 g/mol. The standard InChI is InChI=1S/C25H27FN4O.C3H9NO.C2H6/c1-5-14(2)19-11-16(12-22-24(19)15(3)28-25(27)30-22)18-10-9-17(26)13-20(18)21-7-6-8-23(29-21)31-4;1-5-3-2-4;1-2/h6-10,13,16H,5,11-12H2,1-4H3,(H2,27,28,30);2-4H2,1H3;1-2H3/b19-14-;;. The molecule has 1 unspecified atom stereocenters. The van der Waals surface area contributed by atoms with Crippen LogP contribution in [0, 0.1) is 12.7 Å². The third-order valence-electron chi connectivity index (χ3n) is 6.41. The molecule has 1 aliphatic rings. The molecule has 206 valence electrons. The highest BCUT2D eigenvalue weighted by molar-refractivity contribution is 5.76. The monoisotopic (exact) mass is 523 g/mol. The molecule has 0 bridgehead atoms. The van der Waals surface area contributed by atoms with Crippen LogP contribution in [0.3, 0.4) is 0 Å². The van der Waals surface area contributed by atoms with Gasteiger partial charge in [0.25, 0.3) is 0 Å². The smallest absolute Gasteiger partial charge is 0.220 e. The predicted octanol–water partition coefficient (Wildman–Crippen LogP) is 6.11. The van der Waals surface area contributed by atoms with E-state index in [1.807, 2.05) is 39.0 Å². The van der Waals surface area contributed by atoms with Crippen molar-refractivity contribution in [2.45, 2.75) is 59.8 Å². The number of pyridine rings is 1. The number of aromatic nitrogens is 3. The van der Waals surface area contributed by atoms with Gasteiger partial charge in [0, 0.05) is 30.8 Å². The quantitative estimate of drug-likeness (QED) is 0.401. The van der Waals surface area contributed by atoms with Gasteiger partial charge in [-0.1, -0.05) is 38.5 Å². The van der Waals surface area contributed by atoms with E-state index in [9.17, 15) is 4.39 Å². The van der Waals surface area contributed by atoms with Crippen LogP contribution in [-0.4, -0.2) is 42.3 Å². The van der Waals surface area contributed by atoms with Crippen LogP contribution in [0.4, 0.5) is 10.3 Å². The summed E-state index contributed by atoms with van der Waals surface area (Å²) >= 11 is 0. The Labute approximate surface area is 226 Å². The number of rotatable bonds is 6. The first-order chi connectivity index (χ1) is 18.3. The molecule has 2 aromatic heterocycles. The second kappa shape index (κ2) is 15.1. The molecule has 1 atom stereocenters. The lowest BCUT2D eigenvalue weighted by Gasteiger charge is -2.30. The summed E-state index contributed by atoms with van der Waals surface area (Å²) in [4.78, 5) is 13.5. The molecule has 7 nitrogen and oxygen atoms in total. The van der Waals surface area contributed by atoms with Gasteiger partial charge in [-0.2, -0.15) is 0 Å². The average molecular weight is 524 g/mol. The third-order valence-corrected chi connectivity index (χ3v) is 6.41. The SMILES string of the molecule is CC.CC/C(C)=C1/CC(c2ccc(F)cc2-c2cccc(OC)n2)Cc2nc(N)nc(C)c21.COCCN. The minimum absolute atomic E-state index is 0.126. The Balaban J connectivity index is 0.000000651. The Bertz CT molecular complexity index is 1230. The number of hydrogen-bond donors (Lipinski definition) is 2. The Kier molecular flexibility index (Phi) is 12.3. The maximum Gasteiger partial charge on any atom is 0.220 e. The molecule has 0 spiro atoms. The fourth-order valence-corrected chi connectivity index (χ4v) is 4.57. The summed E-state index contributed by atoms with van der Waals surface area (Å²) in [6.07, 6.45) is 2.49. The van der Waals surface area contributed by atoms with Crippen LogP contribution in [-0.2, 0) is 11.2 Å². The summed E-state index contributed by atoms with van der Waals surface area (Å²) in [5, 5.41) is 0. The first-order valence-corrected chi connectivity index (χ1v) is 13.1. The van der Waals surface area contributed by atoms with E-state index in [2.05, 4.69) is 33.5 Å². The van der Waals surface area contributed by atoms with E-state index < -0.39 is 0 Å². The number of aryl methyl sites for hydroxylation is 1. The minimum atomic E-state index is -0.289. The lowest BCUT2D eigenvalue weighted by molar-refractivity contribution is 0.207. The Morgan fingerprint density at radius 1 is 1.08 bits per heavy atom. The summed E-state index contributed by atoms with van der Waals surface area (Å²) in [7, 11) is 3.21. The second-order valence-electron chi connectivity index (χ2n) is 8.78. The third kappa shape index (κ3) is 7.58. The Morgan fingerprint density at radius 3 is 2.42 bits per heavy atom. The largest absolute Gasteiger partial charge is 0.481 e. The van der Waals surface area contributed by atoms with E-state index in [4.69, 9.17) is 16.2 Å². The zero-order valence-corrected chi connectivity index (χ0v) is 23.8. The molecule has 3 aromatic rings. The van der Waals surface area contributed by atoms with Gasteiger partial charge < -0.3 is 20.9 Å². The number of hydrogen-bond acceptors (Lipinski definition) is 7. The number of methoxy groups -OCH3 is 2. The van der Waals surface area contributed by atoms with E-state index in [1.165, 1.54) is 17.2 Å². The molecule has 0 aliphatic heterocycles. The zero-order valence-electron chi connectivity index (χ0n) is 23.8. The predicted molar refractivity (Wildman–Crippen MR) is 154 cm³/mol. The Morgan fingerprint density at radius 2 is 1.82 bits per heavy atom. The average Bonchev–Trinajstić information content (AvgIpc) is 2.93. The number of nitrogens with zero attached hydrogens (tertiary/aromatic N) is 3. The van der Waals surface area contributed by atoms with Gasteiger partial charge >= 0.3 is 0 Å². The number of anilines is 1. The molecule has 4 N–H and O–H groups in total. The number of nitrogens with two attached hydrogens (primary N) is 2. The molecule has 0 fully saturated rings. The number of fused-ring (bicyclic) bond motifs is 1. The lowest BCUT2D eigenvalue weighted by atomic mass is 9.75. The molecule has 0 radical (unpaired) electrons. The van der Waals surface area contributed by atoms with Gasteiger partial charge in [0.2, 0.25) is 11.8 Å². The zero-order chi connectivity index (χ0) is 28.2. The van der Waals surface area contributed by atoms with Crippen molar-refractivity contribution >= 4 is 11.5 Å². The van der Waals surface area contributed by atoms with Crippen molar-refractivity contribution in [3.63, 3.8) is 0 Å². The maximum atomic E-state index is 14.3. The topological polar surface area (TPSA) is 109 Å². The molecule has 4 rings (SSSR count). The van der Waals surface area contributed by atoms with Crippen molar-refractivity contribution in [2.75, 3.05) is 33.1 Å². The van der Waals surface area contributed by atoms with Gasteiger partial charge in [-0.25, -0.2) is 19.3 Å². The molecule has 1 aromatic carbocycles. The normalized spacial score (nSPS) is 15.3. The van der Waals surface area contributed by atoms with Crippen LogP contribution in [0.1, 0.15) is 69.0 Å². The molecule has 38 heavy (non-hydrogen) atoms. The first kappa shape index (κ1) is 30.9. The van der Waals surface area contributed by atoms with E-state index in [1.54, 1.807) is 26.4 Å². The fourth-order valence-electron chi connectivity index (χ4n) is 4.57. The van der Waals surface area contributed by atoms with E-state index in [-0.39, 0.29) is 11.7 Å². The van der Waals surface area contributed by atoms with Gasteiger partial charge in [0.05, 0.1) is 30.8 Å². The van der Waals surface area contributed by atoms with E-state index >= 15 is 0 Å². The number of nitrogen functional groups attached to an aromatic ring is 1. The highest BCUT2D eigenvalue weighted by atomic mass is 19.1. The van der Waals surface area contributed by atoms with E-state index in [0.29, 0.717) is 37.1 Å². The molecule has 1 aliphatic carbocycles. The number of allylic oxidation sites excluding steroid dienone is 2. The highest BCUT2D eigenvalue weighted by Gasteiger charge is 2.30. The lowest BCUT2D eigenvalue weighted by Crippen LogP contribution is -2.18. The summed E-state index contributed by atoms with van der Waals surface area (Å²) in [6, 6.07) is 10.5. The number of halogens is 1. The van der Waals surface area contributed by atoms with Crippen molar-refractivity contribution in [3.05, 3.63) is 70.3 Å². The minimum Gasteiger partial charge on any atom is -0.481 e. The van der Waals surface area contributed by atoms with Gasteiger partial charge in [-0.3, -0.25) is 0 Å². The summed E-state index contributed by atoms with van der Waals surface area (Å²) in [5.74, 6) is 0.628. The van der Waals surface area contributed by atoms with Crippen LogP contribution >= 0.6 is 0 Å². The van der Waals surface area contributed by atoms with Gasteiger partial charge in [-0.15, -0.1) is 0 Å². The highest BCUT2D eigenvalue weighted by Crippen LogP contribution is 2.44. The van der Waals surface area contributed by atoms with Crippen LogP contribution < -0.4 is 16.2 Å². The van der Waals surface area contributed by atoms with Gasteiger partial charge in [0.15, 0.2) is 0 Å². The second-order valence-corrected chi connectivity index (χ2v) is 8.78. The Hall–Kier alpha value is -3.36. The number of ether oxygens (including phenoxy) is 2. The first-order valence-electron chi connectivity index (χ1n) is 13.1. The summed E-state index contributed by atoms with van der Waals surface area (Å²) < 4.78 is 24.1. The molecule has 8 heteroatoms. The number of benzene rings is 1. The summed E-state index contributed by atoms with van der Waals surface area (Å²) in [6.45, 7) is 11.6. The van der Waals surface area contributed by atoms with Crippen molar-refractivity contribution in [1.82, 2.24) is 15.0 Å². The molecule has 0 saturated heterocycles. The fraction of sp³-hybridized carbons (Fsp3) is 0.433. The van der Waals surface area contributed by atoms with Crippen LogP contribution in [0.5, 0.6) is 5.88 Å². The van der Waals surface area contributed by atoms with Crippen LogP contribution in [0.2, 0.25) is 0 Å². The molecule has 2 heterocycles. The van der Waals surface area contributed by atoms with Gasteiger partial charge in [-0.05, 0) is 68.4 Å². The molecule has 0 amide bonds. The van der Waals surface area contributed by atoms with Crippen LogP contribution in [0.25, 0.3) is 16.8 Å². The molecule has 0 saturated carbocycles. The summed E-state index contributed by atoms with van der Waals surface area (Å²) in [5.41, 5.74) is 19.1. The van der Waals surface area contributed by atoms with Crippen molar-refractivity contribution in [3.8, 4) is 17.1 Å². The van der Waals surface area contributed by atoms with Crippen LogP contribution in [0.15, 0.2) is 42.0 Å². The maximum absolute atomic E-state index is 14.3. The van der Waals surface area contributed by atoms with Crippen molar-refractivity contribution in [2.24, 2.45) is 5.73 Å².